The first-order valence-corrected chi connectivity index (χ1v) is 10.3. The van der Waals surface area contributed by atoms with Crippen LogP contribution in [0.3, 0.4) is 0 Å². The second-order valence-corrected chi connectivity index (χ2v) is 8.31. The highest BCUT2D eigenvalue weighted by Crippen LogP contribution is 2.24. The van der Waals surface area contributed by atoms with Gasteiger partial charge in [0.25, 0.3) is 0 Å². The van der Waals surface area contributed by atoms with Crippen LogP contribution in [-0.4, -0.2) is 86.1 Å². The van der Waals surface area contributed by atoms with Gasteiger partial charge in [-0.05, 0) is 33.1 Å². The van der Waals surface area contributed by atoms with E-state index in [1.807, 2.05) is 20.9 Å². The van der Waals surface area contributed by atoms with Gasteiger partial charge in [0.05, 0.1) is 0 Å². The molecule has 1 saturated carbocycles. The Morgan fingerprint density at radius 1 is 1.19 bits per heavy atom. The van der Waals surface area contributed by atoms with Crippen molar-refractivity contribution in [3.05, 3.63) is 0 Å². The highest BCUT2D eigenvalue weighted by Gasteiger charge is 2.32. The molecule has 3 saturated heterocycles. The monoisotopic (exact) mass is 364 g/mol. The molecule has 4 aliphatic rings. The molecular formula is C19H36N6O. The SMILES string of the molecule is CN=C(NCC1CN2CCN1CC2)NC1CCCC(C(=O)NC(C)C)C1. The molecule has 3 unspecified atom stereocenters. The molecule has 7 nitrogen and oxygen atoms in total. The van der Waals surface area contributed by atoms with E-state index >= 15 is 0 Å². The molecule has 0 aromatic rings. The van der Waals surface area contributed by atoms with Crippen molar-refractivity contribution in [3.63, 3.8) is 0 Å². The van der Waals surface area contributed by atoms with Crippen LogP contribution in [0.5, 0.6) is 0 Å². The molecular weight excluding hydrogens is 328 g/mol. The van der Waals surface area contributed by atoms with Crippen molar-refractivity contribution in [2.24, 2.45) is 10.9 Å². The van der Waals surface area contributed by atoms with Gasteiger partial charge in [-0.3, -0.25) is 19.6 Å². The van der Waals surface area contributed by atoms with Crippen molar-refractivity contribution in [2.75, 3.05) is 46.3 Å². The summed E-state index contributed by atoms with van der Waals surface area (Å²) < 4.78 is 0. The van der Waals surface area contributed by atoms with Crippen LogP contribution in [-0.2, 0) is 4.79 Å². The second kappa shape index (κ2) is 9.04. The number of guanidine groups is 1. The lowest BCUT2D eigenvalue weighted by Crippen LogP contribution is -2.64. The Kier molecular flexibility index (Phi) is 6.75. The number of hydrogen-bond donors (Lipinski definition) is 3. The number of nitrogens with zero attached hydrogens (tertiary/aromatic N) is 3. The molecule has 3 aliphatic heterocycles. The Labute approximate surface area is 158 Å². The first-order chi connectivity index (χ1) is 12.5. The standard InChI is InChI=1S/C19H36N6O/c1-14(2)22-18(26)15-5-4-6-16(11-15)23-19(20-3)21-12-17-13-24-7-9-25(17)10-8-24/h14-17H,4-13H2,1-3H3,(H,22,26)(H2,20,21,23). The van der Waals surface area contributed by atoms with Crippen LogP contribution in [0.2, 0.25) is 0 Å². The number of amides is 1. The van der Waals surface area contributed by atoms with Gasteiger partial charge < -0.3 is 16.0 Å². The van der Waals surface area contributed by atoms with E-state index in [4.69, 9.17) is 0 Å². The van der Waals surface area contributed by atoms with Gasteiger partial charge >= 0.3 is 0 Å². The third-order valence-electron chi connectivity index (χ3n) is 5.94. The fourth-order valence-corrected chi connectivity index (χ4v) is 4.48. The molecule has 26 heavy (non-hydrogen) atoms. The van der Waals surface area contributed by atoms with Gasteiger partial charge in [-0.15, -0.1) is 0 Å². The molecule has 3 N–H and O–H groups in total. The number of fused-ring (bicyclic) bond motifs is 3. The Morgan fingerprint density at radius 2 is 1.96 bits per heavy atom. The molecule has 1 aliphatic carbocycles. The molecule has 0 aromatic heterocycles. The summed E-state index contributed by atoms with van der Waals surface area (Å²) in [6.07, 6.45) is 4.09. The van der Waals surface area contributed by atoms with Crippen LogP contribution in [0, 0.1) is 5.92 Å². The van der Waals surface area contributed by atoms with Gasteiger partial charge in [0.1, 0.15) is 0 Å². The van der Waals surface area contributed by atoms with E-state index in [9.17, 15) is 4.79 Å². The van der Waals surface area contributed by atoms with Gasteiger partial charge in [0, 0.05) is 70.4 Å². The maximum absolute atomic E-state index is 12.3. The highest BCUT2D eigenvalue weighted by molar-refractivity contribution is 5.81. The zero-order chi connectivity index (χ0) is 18.5. The summed E-state index contributed by atoms with van der Waals surface area (Å²) in [5.41, 5.74) is 0. The molecule has 7 heteroatoms. The summed E-state index contributed by atoms with van der Waals surface area (Å²) >= 11 is 0. The van der Waals surface area contributed by atoms with Crippen LogP contribution in [0.15, 0.2) is 4.99 Å². The van der Waals surface area contributed by atoms with Crippen molar-refractivity contribution in [1.82, 2.24) is 25.8 Å². The van der Waals surface area contributed by atoms with Crippen LogP contribution in [0.1, 0.15) is 39.5 Å². The lowest BCUT2D eigenvalue weighted by Gasteiger charge is -2.47. The number of carbonyl (C=O) groups excluding carboxylic acids is 1. The maximum atomic E-state index is 12.3. The highest BCUT2D eigenvalue weighted by atomic mass is 16.1. The molecule has 3 heterocycles. The van der Waals surface area contributed by atoms with E-state index in [-0.39, 0.29) is 17.9 Å². The normalized spacial score (nSPS) is 34.6. The molecule has 2 bridgehead atoms. The summed E-state index contributed by atoms with van der Waals surface area (Å²) in [5.74, 6) is 1.20. The van der Waals surface area contributed by atoms with Gasteiger partial charge in [-0.2, -0.15) is 0 Å². The summed E-state index contributed by atoms with van der Waals surface area (Å²) in [6.45, 7) is 10.9. The van der Waals surface area contributed by atoms with Crippen LogP contribution >= 0.6 is 0 Å². The Hall–Kier alpha value is -1.34. The molecule has 1 amide bonds. The molecule has 148 valence electrons. The summed E-state index contributed by atoms with van der Waals surface area (Å²) in [4.78, 5) is 21.9. The van der Waals surface area contributed by atoms with E-state index in [1.54, 1.807) is 0 Å². The molecule has 0 radical (unpaired) electrons. The number of hydrogen-bond acceptors (Lipinski definition) is 4. The fraction of sp³-hybridized carbons (Fsp3) is 0.895. The second-order valence-electron chi connectivity index (χ2n) is 8.31. The van der Waals surface area contributed by atoms with Crippen molar-refractivity contribution < 1.29 is 4.79 Å². The average molecular weight is 365 g/mol. The van der Waals surface area contributed by atoms with Crippen LogP contribution in [0.25, 0.3) is 0 Å². The van der Waals surface area contributed by atoms with Gasteiger partial charge in [0.15, 0.2) is 5.96 Å². The van der Waals surface area contributed by atoms with E-state index in [2.05, 4.69) is 30.7 Å². The summed E-state index contributed by atoms with van der Waals surface area (Å²) in [6, 6.07) is 1.11. The summed E-state index contributed by atoms with van der Waals surface area (Å²) in [5, 5.41) is 10.1. The number of piperazine rings is 3. The molecule has 4 rings (SSSR count). The average Bonchev–Trinajstić information content (AvgIpc) is 2.65. The molecule has 0 aromatic carbocycles. The van der Waals surface area contributed by atoms with Gasteiger partial charge in [0.2, 0.25) is 5.91 Å². The minimum Gasteiger partial charge on any atom is -0.355 e. The fourth-order valence-electron chi connectivity index (χ4n) is 4.48. The lowest BCUT2D eigenvalue weighted by molar-refractivity contribution is -0.126. The molecule has 0 spiro atoms. The van der Waals surface area contributed by atoms with Crippen molar-refractivity contribution in [3.8, 4) is 0 Å². The van der Waals surface area contributed by atoms with E-state index in [0.717, 1.165) is 44.7 Å². The third-order valence-corrected chi connectivity index (χ3v) is 5.94. The van der Waals surface area contributed by atoms with Crippen molar-refractivity contribution in [1.29, 1.82) is 0 Å². The van der Waals surface area contributed by atoms with E-state index in [0.29, 0.717) is 12.1 Å². The summed E-state index contributed by atoms with van der Waals surface area (Å²) in [7, 11) is 1.83. The predicted molar refractivity (Wildman–Crippen MR) is 105 cm³/mol. The third kappa shape index (κ3) is 5.10. The minimum absolute atomic E-state index is 0.120. The number of carbonyl (C=O) groups is 1. The van der Waals surface area contributed by atoms with E-state index in [1.165, 1.54) is 26.2 Å². The van der Waals surface area contributed by atoms with Gasteiger partial charge in [-0.25, -0.2) is 0 Å². The van der Waals surface area contributed by atoms with Crippen LogP contribution < -0.4 is 16.0 Å². The Morgan fingerprint density at radius 3 is 2.58 bits per heavy atom. The lowest BCUT2D eigenvalue weighted by atomic mass is 9.85. The molecule has 3 atom stereocenters. The van der Waals surface area contributed by atoms with Crippen LogP contribution in [0.4, 0.5) is 0 Å². The first-order valence-electron chi connectivity index (χ1n) is 10.3. The Balaban J connectivity index is 1.45. The zero-order valence-electron chi connectivity index (χ0n) is 16.6. The minimum atomic E-state index is 0.120. The number of nitrogens with one attached hydrogen (secondary N) is 3. The zero-order valence-corrected chi connectivity index (χ0v) is 16.6. The predicted octanol–water partition coefficient (Wildman–Crippen LogP) is 0.235. The smallest absolute Gasteiger partial charge is 0.223 e. The van der Waals surface area contributed by atoms with Crippen molar-refractivity contribution in [2.45, 2.75) is 57.7 Å². The topological polar surface area (TPSA) is 72.0 Å². The van der Waals surface area contributed by atoms with E-state index < -0.39 is 0 Å². The Bertz CT molecular complexity index is 500. The van der Waals surface area contributed by atoms with Gasteiger partial charge in [-0.1, -0.05) is 6.42 Å². The number of aliphatic imine (C=N–C) groups is 1. The quantitative estimate of drug-likeness (QED) is 0.481. The number of rotatable bonds is 5. The van der Waals surface area contributed by atoms with Crippen molar-refractivity contribution >= 4 is 11.9 Å². The maximum Gasteiger partial charge on any atom is 0.223 e. The first kappa shape index (κ1) is 19.4. The largest absolute Gasteiger partial charge is 0.355 e. The molecule has 4 fully saturated rings.